The molecule has 5 aliphatic rings. The second-order valence-corrected chi connectivity index (χ2v) is 9.37. The van der Waals surface area contributed by atoms with Crippen LogP contribution in [-0.2, 0) is 14.3 Å². The van der Waals surface area contributed by atoms with Gasteiger partial charge in [0.25, 0.3) is 0 Å². The van der Waals surface area contributed by atoms with E-state index in [1.165, 1.54) is 5.57 Å². The van der Waals surface area contributed by atoms with Crippen molar-refractivity contribution in [3.8, 4) is 0 Å². The Hall–Kier alpha value is -1.30. The topological polar surface area (TPSA) is 87.1 Å². The molecule has 7 atom stereocenters. The maximum atomic E-state index is 12.4. The fraction of sp³-hybridized carbons (Fsp3) is 0.714. The van der Waals surface area contributed by atoms with E-state index >= 15 is 0 Å². The van der Waals surface area contributed by atoms with Crippen molar-refractivity contribution in [1.29, 1.82) is 0 Å². The number of hydrogen-bond donors (Lipinski definition) is 2. The maximum Gasteiger partial charge on any atom is 0.213 e. The smallest absolute Gasteiger partial charge is 0.213 e. The molecule has 140 valence electrons. The molecule has 5 heteroatoms. The van der Waals surface area contributed by atoms with Gasteiger partial charge in [0.05, 0.1) is 6.10 Å². The number of aliphatic hydroxyl groups is 2. The molecule has 0 aromatic rings. The van der Waals surface area contributed by atoms with Gasteiger partial charge in [-0.05, 0) is 68.4 Å². The summed E-state index contributed by atoms with van der Waals surface area (Å²) in [5.41, 5.74) is 0.452. The largest absolute Gasteiger partial charge is 0.364 e. The molecule has 0 amide bonds. The van der Waals surface area contributed by atoms with Gasteiger partial charge in [0.2, 0.25) is 6.29 Å². The summed E-state index contributed by atoms with van der Waals surface area (Å²) in [7, 11) is 0. The SMILES string of the molecule is C[C@]12CC3O[C@@]34[C@@H](CCC3=CC(=O)C=C[C@@]34C)[C@@H]1CC[C@@H]2C(=O)C(O)O. The van der Waals surface area contributed by atoms with Gasteiger partial charge in [0.15, 0.2) is 11.6 Å². The number of epoxide rings is 1. The van der Waals surface area contributed by atoms with E-state index in [0.29, 0.717) is 11.8 Å². The summed E-state index contributed by atoms with van der Waals surface area (Å²) in [5.74, 6) is 0.0173. The first-order valence-corrected chi connectivity index (χ1v) is 9.76. The van der Waals surface area contributed by atoms with E-state index in [-0.39, 0.29) is 34.2 Å². The number of rotatable bonds is 2. The van der Waals surface area contributed by atoms with Gasteiger partial charge >= 0.3 is 0 Å². The zero-order chi connectivity index (χ0) is 18.5. The van der Waals surface area contributed by atoms with Gasteiger partial charge in [0, 0.05) is 11.3 Å². The van der Waals surface area contributed by atoms with Crippen LogP contribution in [0.2, 0.25) is 0 Å². The molecule has 1 aliphatic heterocycles. The van der Waals surface area contributed by atoms with Gasteiger partial charge in [0.1, 0.15) is 5.60 Å². The predicted molar refractivity (Wildman–Crippen MR) is 92.8 cm³/mol. The molecule has 0 aromatic heterocycles. The van der Waals surface area contributed by atoms with E-state index < -0.39 is 12.1 Å². The van der Waals surface area contributed by atoms with Crippen molar-refractivity contribution in [3.63, 3.8) is 0 Å². The predicted octanol–water partition coefficient (Wildman–Crippen LogP) is 1.92. The highest BCUT2D eigenvalue weighted by Gasteiger charge is 2.79. The van der Waals surface area contributed by atoms with Crippen LogP contribution in [0.3, 0.4) is 0 Å². The summed E-state index contributed by atoms with van der Waals surface area (Å²) in [5, 5.41) is 18.9. The van der Waals surface area contributed by atoms with E-state index in [1.54, 1.807) is 12.2 Å². The molecule has 26 heavy (non-hydrogen) atoms. The molecule has 0 bridgehead atoms. The van der Waals surface area contributed by atoms with Crippen LogP contribution in [0, 0.1) is 28.6 Å². The Morgan fingerprint density at radius 1 is 1.23 bits per heavy atom. The summed E-state index contributed by atoms with van der Waals surface area (Å²) < 4.78 is 6.43. The second-order valence-electron chi connectivity index (χ2n) is 9.37. The monoisotopic (exact) mass is 358 g/mol. The van der Waals surface area contributed by atoms with Crippen molar-refractivity contribution < 1.29 is 24.5 Å². The third-order valence-electron chi connectivity index (χ3n) is 8.53. The fourth-order valence-electron chi connectivity index (χ4n) is 7.29. The Balaban J connectivity index is 1.54. The highest BCUT2D eigenvalue weighted by Crippen LogP contribution is 2.75. The highest BCUT2D eigenvalue weighted by molar-refractivity contribution is 6.01. The van der Waals surface area contributed by atoms with E-state index in [2.05, 4.69) is 19.9 Å². The third-order valence-corrected chi connectivity index (χ3v) is 8.53. The summed E-state index contributed by atoms with van der Waals surface area (Å²) in [6.45, 7) is 4.35. The molecule has 1 spiro atoms. The third kappa shape index (κ3) is 1.77. The Morgan fingerprint density at radius 3 is 2.73 bits per heavy atom. The van der Waals surface area contributed by atoms with Crippen molar-refractivity contribution >= 4 is 11.6 Å². The van der Waals surface area contributed by atoms with Crippen LogP contribution < -0.4 is 0 Å². The number of ether oxygens (including phenoxy) is 1. The van der Waals surface area contributed by atoms with Gasteiger partial charge in [-0.1, -0.05) is 18.6 Å². The van der Waals surface area contributed by atoms with Gasteiger partial charge in [-0.25, -0.2) is 0 Å². The van der Waals surface area contributed by atoms with Crippen molar-refractivity contribution in [3.05, 3.63) is 23.8 Å². The number of aliphatic hydroxyl groups excluding tert-OH is 1. The lowest BCUT2D eigenvalue weighted by Gasteiger charge is -2.54. The number of carbonyl (C=O) groups excluding carboxylic acids is 2. The molecule has 1 saturated heterocycles. The minimum atomic E-state index is -1.88. The van der Waals surface area contributed by atoms with Crippen LogP contribution in [-0.4, -0.2) is 39.8 Å². The summed E-state index contributed by atoms with van der Waals surface area (Å²) in [6, 6.07) is 0. The highest BCUT2D eigenvalue weighted by atomic mass is 16.6. The maximum absolute atomic E-state index is 12.4. The number of hydrogen-bond acceptors (Lipinski definition) is 5. The fourth-order valence-corrected chi connectivity index (χ4v) is 7.29. The standard InChI is InChI=1S/C21H26O5/c1-19-10-16-21(26-16)14(13(19)5-6-15(19)17(23)18(24)25)4-3-11-9-12(22)7-8-20(11,21)2/h7-9,13-16,18,24-25H,3-6,10H2,1-2H3/t13-,14-,15+,16?,19-,20-,21-/m0/s1. The van der Waals surface area contributed by atoms with Gasteiger partial charge < -0.3 is 14.9 Å². The van der Waals surface area contributed by atoms with Crippen molar-refractivity contribution in [1.82, 2.24) is 0 Å². The molecule has 1 heterocycles. The number of Topliss-reactive ketones (excluding diaryl/α,β-unsaturated/α-hetero) is 1. The number of carbonyl (C=O) groups is 2. The molecule has 5 nitrogen and oxygen atoms in total. The number of allylic oxidation sites excluding steroid dienone is 2. The average Bonchev–Trinajstić information content (AvgIpc) is 3.20. The van der Waals surface area contributed by atoms with Crippen LogP contribution >= 0.6 is 0 Å². The quantitative estimate of drug-likeness (QED) is 0.582. The van der Waals surface area contributed by atoms with Gasteiger partial charge in [-0.15, -0.1) is 0 Å². The van der Waals surface area contributed by atoms with Crippen molar-refractivity contribution in [2.45, 2.75) is 63.9 Å². The Labute approximate surface area is 153 Å². The lowest BCUT2D eigenvalue weighted by atomic mass is 9.47. The molecule has 0 radical (unpaired) electrons. The number of ketones is 2. The molecule has 2 N–H and O–H groups in total. The average molecular weight is 358 g/mol. The molecule has 3 saturated carbocycles. The molecule has 1 unspecified atom stereocenters. The van der Waals surface area contributed by atoms with Gasteiger partial charge in [-0.3, -0.25) is 9.59 Å². The van der Waals surface area contributed by atoms with E-state index in [4.69, 9.17) is 4.74 Å². The zero-order valence-corrected chi connectivity index (χ0v) is 15.3. The minimum absolute atomic E-state index is 0.0635. The van der Waals surface area contributed by atoms with Crippen molar-refractivity contribution in [2.24, 2.45) is 28.6 Å². The first-order chi connectivity index (χ1) is 12.2. The Morgan fingerprint density at radius 2 is 2.00 bits per heavy atom. The van der Waals surface area contributed by atoms with E-state index in [0.717, 1.165) is 32.1 Å². The summed E-state index contributed by atoms with van der Waals surface area (Å²) in [6.07, 6.45) is 8.01. The summed E-state index contributed by atoms with van der Waals surface area (Å²) >= 11 is 0. The van der Waals surface area contributed by atoms with Crippen LogP contribution in [0.15, 0.2) is 23.8 Å². The molecular formula is C21H26O5. The lowest BCUT2D eigenvalue weighted by molar-refractivity contribution is -0.154. The van der Waals surface area contributed by atoms with E-state index in [1.807, 2.05) is 0 Å². The normalized spacial score (nSPS) is 51.3. The van der Waals surface area contributed by atoms with Crippen LogP contribution in [0.25, 0.3) is 0 Å². The second kappa shape index (κ2) is 4.94. The molecule has 4 aliphatic carbocycles. The molecular weight excluding hydrogens is 332 g/mol. The first-order valence-electron chi connectivity index (χ1n) is 9.76. The van der Waals surface area contributed by atoms with E-state index in [9.17, 15) is 19.8 Å². The zero-order valence-electron chi connectivity index (χ0n) is 15.3. The van der Waals surface area contributed by atoms with Crippen LogP contribution in [0.4, 0.5) is 0 Å². The first kappa shape index (κ1) is 16.8. The van der Waals surface area contributed by atoms with Gasteiger partial charge in [-0.2, -0.15) is 0 Å². The Kier molecular flexibility index (Phi) is 3.20. The summed E-state index contributed by atoms with van der Waals surface area (Å²) in [4.78, 5) is 24.3. The molecule has 5 rings (SSSR count). The molecule has 0 aromatic carbocycles. The van der Waals surface area contributed by atoms with Crippen LogP contribution in [0.1, 0.15) is 46.0 Å². The minimum Gasteiger partial charge on any atom is -0.364 e. The van der Waals surface area contributed by atoms with Crippen molar-refractivity contribution in [2.75, 3.05) is 0 Å². The number of fused-ring (bicyclic) bond motifs is 3. The van der Waals surface area contributed by atoms with Crippen LogP contribution in [0.5, 0.6) is 0 Å². The Bertz CT molecular complexity index is 766. The lowest BCUT2D eigenvalue weighted by Crippen LogP contribution is -2.57. The molecule has 4 fully saturated rings.